The molecular weight excluding hydrogens is 380 g/mol. The van der Waals surface area contributed by atoms with Crippen molar-refractivity contribution < 1.29 is 14.3 Å². The number of ether oxygens (including phenoxy) is 1. The summed E-state index contributed by atoms with van der Waals surface area (Å²) in [6, 6.07) is 13.3. The van der Waals surface area contributed by atoms with E-state index in [4.69, 9.17) is 16.3 Å². The van der Waals surface area contributed by atoms with E-state index in [9.17, 15) is 9.59 Å². The number of hydrogen-bond donors (Lipinski definition) is 2. The average Bonchev–Trinajstić information content (AvgIpc) is 2.69. The average molecular weight is 397 g/mol. The number of amides is 1. The number of carbonyl (C=O) groups is 2. The molecule has 0 fully saturated rings. The number of Topliss-reactive ketones (excluding diaryl/α,β-unsaturated/α-hetero) is 1. The number of anilines is 3. The minimum atomic E-state index is -0.395. The zero-order chi connectivity index (χ0) is 20.1. The summed E-state index contributed by atoms with van der Waals surface area (Å²) in [6.07, 6.45) is 1.48. The van der Waals surface area contributed by atoms with E-state index in [2.05, 4.69) is 20.6 Å². The van der Waals surface area contributed by atoms with Crippen LogP contribution in [0.3, 0.4) is 0 Å². The second-order valence-electron chi connectivity index (χ2n) is 5.83. The summed E-state index contributed by atoms with van der Waals surface area (Å²) < 4.78 is 5.12. The molecule has 0 saturated carbocycles. The van der Waals surface area contributed by atoms with Crippen LogP contribution in [0, 0.1) is 0 Å². The third-order valence-electron chi connectivity index (χ3n) is 3.85. The molecule has 0 spiro atoms. The van der Waals surface area contributed by atoms with Gasteiger partial charge in [-0.2, -0.15) is 0 Å². The van der Waals surface area contributed by atoms with Crippen LogP contribution in [-0.2, 0) is 0 Å². The van der Waals surface area contributed by atoms with Gasteiger partial charge in [0.25, 0.3) is 5.91 Å². The van der Waals surface area contributed by atoms with Crippen LogP contribution in [0.5, 0.6) is 5.75 Å². The first-order valence-electron chi connectivity index (χ1n) is 8.32. The number of aromatic nitrogens is 2. The summed E-state index contributed by atoms with van der Waals surface area (Å²) in [5.41, 5.74) is 1.98. The highest BCUT2D eigenvalue weighted by molar-refractivity contribution is 6.32. The highest BCUT2D eigenvalue weighted by Gasteiger charge is 2.11. The highest BCUT2D eigenvalue weighted by Crippen LogP contribution is 2.28. The van der Waals surface area contributed by atoms with Crippen molar-refractivity contribution in [3.05, 3.63) is 71.0 Å². The van der Waals surface area contributed by atoms with Gasteiger partial charge in [0.05, 0.1) is 12.1 Å². The first kappa shape index (κ1) is 19.3. The summed E-state index contributed by atoms with van der Waals surface area (Å²) in [7, 11) is 1.53. The molecule has 0 bridgehead atoms. The van der Waals surface area contributed by atoms with Gasteiger partial charge in [-0.1, -0.05) is 11.6 Å². The molecular formula is C20H17ClN4O3. The molecule has 1 heterocycles. The molecule has 0 saturated heterocycles. The molecule has 142 valence electrons. The topological polar surface area (TPSA) is 93.2 Å². The lowest BCUT2D eigenvalue weighted by Gasteiger charge is -2.09. The molecule has 0 aliphatic heterocycles. The lowest BCUT2D eigenvalue weighted by atomic mass is 10.1. The van der Waals surface area contributed by atoms with Gasteiger partial charge in [-0.3, -0.25) is 9.59 Å². The van der Waals surface area contributed by atoms with Gasteiger partial charge in [0, 0.05) is 23.1 Å². The molecule has 1 amide bonds. The van der Waals surface area contributed by atoms with Crippen LogP contribution in [0.2, 0.25) is 5.02 Å². The van der Waals surface area contributed by atoms with Crippen LogP contribution in [0.4, 0.5) is 17.3 Å². The molecule has 0 radical (unpaired) electrons. The molecule has 0 atom stereocenters. The standard InChI is InChI=1S/C20H17ClN4O3/c1-12(26)13-3-5-14(6-4-13)23-19(27)17-9-10-22-20(25-17)24-15-7-8-18(28-2)16(21)11-15/h3-11H,1-2H3,(H,23,27)(H,22,24,25). The molecule has 3 aromatic rings. The van der Waals surface area contributed by atoms with Gasteiger partial charge in [-0.05, 0) is 55.5 Å². The van der Waals surface area contributed by atoms with Gasteiger partial charge in [0.1, 0.15) is 11.4 Å². The van der Waals surface area contributed by atoms with Gasteiger partial charge in [-0.15, -0.1) is 0 Å². The molecule has 2 N–H and O–H groups in total. The summed E-state index contributed by atoms with van der Waals surface area (Å²) >= 11 is 6.11. The van der Waals surface area contributed by atoms with E-state index in [0.29, 0.717) is 27.7 Å². The fourth-order valence-electron chi connectivity index (χ4n) is 2.40. The van der Waals surface area contributed by atoms with Crippen molar-refractivity contribution in [2.24, 2.45) is 0 Å². The van der Waals surface area contributed by atoms with Crippen molar-refractivity contribution in [2.45, 2.75) is 6.92 Å². The van der Waals surface area contributed by atoms with E-state index in [0.717, 1.165) is 0 Å². The van der Waals surface area contributed by atoms with Crippen LogP contribution in [0.1, 0.15) is 27.8 Å². The number of hydrogen-bond acceptors (Lipinski definition) is 6. The van der Waals surface area contributed by atoms with E-state index in [1.54, 1.807) is 42.5 Å². The number of halogens is 1. The third-order valence-corrected chi connectivity index (χ3v) is 4.14. The quantitative estimate of drug-likeness (QED) is 0.602. The zero-order valence-corrected chi connectivity index (χ0v) is 15.9. The van der Waals surface area contributed by atoms with Crippen LogP contribution >= 0.6 is 11.6 Å². The Labute approximate surface area is 166 Å². The second kappa shape index (κ2) is 8.49. The number of nitrogens with one attached hydrogen (secondary N) is 2. The van der Waals surface area contributed by atoms with Crippen molar-refractivity contribution >= 4 is 40.6 Å². The molecule has 28 heavy (non-hydrogen) atoms. The van der Waals surface area contributed by atoms with Gasteiger partial charge in [0.15, 0.2) is 5.78 Å². The maximum absolute atomic E-state index is 12.4. The Morgan fingerprint density at radius 3 is 2.39 bits per heavy atom. The van der Waals surface area contributed by atoms with E-state index >= 15 is 0 Å². The van der Waals surface area contributed by atoms with E-state index in [1.807, 2.05) is 0 Å². The lowest BCUT2D eigenvalue weighted by molar-refractivity contribution is 0.101. The Kier molecular flexibility index (Phi) is 5.86. The molecule has 1 aromatic heterocycles. The van der Waals surface area contributed by atoms with Crippen molar-refractivity contribution in [1.29, 1.82) is 0 Å². The largest absolute Gasteiger partial charge is 0.495 e. The Balaban J connectivity index is 1.72. The third kappa shape index (κ3) is 4.63. The van der Waals surface area contributed by atoms with Crippen molar-refractivity contribution in [3.8, 4) is 5.75 Å². The monoisotopic (exact) mass is 396 g/mol. The normalized spacial score (nSPS) is 10.2. The molecule has 0 unspecified atom stereocenters. The maximum atomic E-state index is 12.4. The summed E-state index contributed by atoms with van der Waals surface area (Å²) in [6.45, 7) is 1.49. The Morgan fingerprint density at radius 2 is 1.75 bits per heavy atom. The smallest absolute Gasteiger partial charge is 0.274 e. The van der Waals surface area contributed by atoms with Crippen LogP contribution < -0.4 is 15.4 Å². The minimum absolute atomic E-state index is 0.0389. The first-order valence-corrected chi connectivity index (χ1v) is 8.70. The van der Waals surface area contributed by atoms with E-state index in [-0.39, 0.29) is 17.4 Å². The Bertz CT molecular complexity index is 1020. The lowest BCUT2D eigenvalue weighted by Crippen LogP contribution is -2.14. The van der Waals surface area contributed by atoms with E-state index in [1.165, 1.54) is 26.3 Å². The second-order valence-corrected chi connectivity index (χ2v) is 6.23. The number of carbonyl (C=O) groups excluding carboxylic acids is 2. The number of rotatable bonds is 6. The van der Waals surface area contributed by atoms with Gasteiger partial charge < -0.3 is 15.4 Å². The van der Waals surface area contributed by atoms with Crippen LogP contribution in [-0.4, -0.2) is 28.8 Å². The molecule has 3 rings (SSSR count). The highest BCUT2D eigenvalue weighted by atomic mass is 35.5. The SMILES string of the molecule is COc1ccc(Nc2nccc(C(=O)Nc3ccc(C(C)=O)cc3)n2)cc1Cl. The van der Waals surface area contributed by atoms with Crippen LogP contribution in [0.15, 0.2) is 54.7 Å². The summed E-state index contributed by atoms with van der Waals surface area (Å²) in [4.78, 5) is 32.1. The Hall–Kier alpha value is -3.45. The van der Waals surface area contributed by atoms with Crippen molar-refractivity contribution in [3.63, 3.8) is 0 Å². The van der Waals surface area contributed by atoms with Crippen molar-refractivity contribution in [1.82, 2.24) is 9.97 Å². The van der Waals surface area contributed by atoms with Crippen molar-refractivity contribution in [2.75, 3.05) is 17.7 Å². The fraction of sp³-hybridized carbons (Fsp3) is 0.100. The zero-order valence-electron chi connectivity index (χ0n) is 15.2. The molecule has 2 aromatic carbocycles. The Morgan fingerprint density at radius 1 is 1.04 bits per heavy atom. The number of benzene rings is 2. The van der Waals surface area contributed by atoms with E-state index < -0.39 is 5.91 Å². The van der Waals surface area contributed by atoms with Gasteiger partial charge >= 0.3 is 0 Å². The predicted octanol–water partition coefficient (Wildman–Crippen LogP) is 4.34. The fourth-order valence-corrected chi connectivity index (χ4v) is 2.66. The first-order chi connectivity index (χ1) is 13.5. The van der Waals surface area contributed by atoms with Gasteiger partial charge in [0.2, 0.25) is 5.95 Å². The maximum Gasteiger partial charge on any atom is 0.274 e. The molecule has 0 aliphatic rings. The minimum Gasteiger partial charge on any atom is -0.495 e. The summed E-state index contributed by atoms with van der Waals surface area (Å²) in [5, 5.41) is 6.17. The number of ketones is 1. The molecule has 8 heteroatoms. The predicted molar refractivity (Wildman–Crippen MR) is 108 cm³/mol. The summed E-state index contributed by atoms with van der Waals surface area (Å²) in [5.74, 6) is 0.370. The van der Waals surface area contributed by atoms with Gasteiger partial charge in [-0.25, -0.2) is 9.97 Å². The number of nitrogens with zero attached hydrogens (tertiary/aromatic N) is 2. The molecule has 7 nitrogen and oxygen atoms in total. The number of methoxy groups -OCH3 is 1. The van der Waals surface area contributed by atoms with Crippen LogP contribution in [0.25, 0.3) is 0 Å². The molecule has 0 aliphatic carbocycles.